The van der Waals surface area contributed by atoms with Crippen LogP contribution < -0.4 is 4.74 Å². The van der Waals surface area contributed by atoms with Crippen molar-refractivity contribution in [2.24, 2.45) is 0 Å². The van der Waals surface area contributed by atoms with E-state index in [0.717, 1.165) is 46.4 Å². The van der Waals surface area contributed by atoms with Crippen LogP contribution in [0.3, 0.4) is 0 Å². The van der Waals surface area contributed by atoms with Gasteiger partial charge in [0.2, 0.25) is 0 Å². The zero-order valence-electron chi connectivity index (χ0n) is 29.8. The van der Waals surface area contributed by atoms with Crippen LogP contribution in [0.1, 0.15) is 99.8 Å². The van der Waals surface area contributed by atoms with E-state index in [1.54, 1.807) is 18.2 Å². The molecule has 7 heteroatoms. The van der Waals surface area contributed by atoms with Gasteiger partial charge in [0.15, 0.2) is 30.2 Å². The van der Waals surface area contributed by atoms with Crippen molar-refractivity contribution in [3.8, 4) is 45.7 Å². The average Bonchev–Trinajstić information content (AvgIpc) is 3.05. The second kappa shape index (κ2) is 19.3. The lowest BCUT2D eigenvalue weighted by atomic mass is 10.0. The van der Waals surface area contributed by atoms with Crippen LogP contribution >= 0.6 is 0 Å². The molecule has 0 saturated carbocycles. The van der Waals surface area contributed by atoms with E-state index in [9.17, 15) is 10.2 Å². The topological polar surface area (TPSA) is 101 Å². The molecule has 0 saturated heterocycles. The summed E-state index contributed by atoms with van der Waals surface area (Å²) in [5, 5.41) is 21.5. The molecule has 3 N–H and O–H groups in total. The van der Waals surface area contributed by atoms with Crippen molar-refractivity contribution >= 4 is 0 Å². The van der Waals surface area contributed by atoms with Gasteiger partial charge in [0, 0.05) is 23.6 Å². The maximum atomic E-state index is 11.1. The van der Waals surface area contributed by atoms with Crippen LogP contribution in [0.15, 0.2) is 54.6 Å². The zero-order valence-corrected chi connectivity index (χ0v) is 29.8. The van der Waals surface area contributed by atoms with Crippen molar-refractivity contribution in [2.45, 2.75) is 111 Å². The number of ether oxygens (including phenoxy) is 2. The highest BCUT2D eigenvalue weighted by Crippen LogP contribution is 2.34. The molecule has 1 unspecified atom stereocenters. The molecule has 0 aliphatic carbocycles. The molecule has 0 aliphatic rings. The Morgan fingerprint density at radius 2 is 1.10 bits per heavy atom. The summed E-state index contributed by atoms with van der Waals surface area (Å²) < 4.78 is 10.3. The van der Waals surface area contributed by atoms with Gasteiger partial charge >= 0.3 is 0 Å². The van der Waals surface area contributed by atoms with E-state index in [1.165, 1.54) is 64.2 Å². The summed E-state index contributed by atoms with van der Waals surface area (Å²) in [4.78, 5) is 14.5. The lowest BCUT2D eigenvalue weighted by Crippen LogP contribution is -2.25. The lowest BCUT2D eigenvalue weighted by Gasteiger charge is -2.14. The van der Waals surface area contributed by atoms with E-state index in [-0.39, 0.29) is 12.4 Å². The smallest absolute Gasteiger partial charge is 0.174 e. The van der Waals surface area contributed by atoms with Gasteiger partial charge in [0.05, 0.1) is 5.56 Å². The fourth-order valence-electron chi connectivity index (χ4n) is 6.03. The van der Waals surface area contributed by atoms with Gasteiger partial charge in [-0.1, -0.05) is 112 Å². The number of hydrogen-bond donors (Lipinski definition) is 2. The number of aromatic hydroxyl groups is 1. The molecule has 1 aromatic heterocycles. The largest absolute Gasteiger partial charge is 0.507 e. The Kier molecular flexibility index (Phi) is 14.8. The van der Waals surface area contributed by atoms with Gasteiger partial charge in [-0.05, 0) is 57.4 Å². The molecule has 0 fully saturated rings. The van der Waals surface area contributed by atoms with Crippen LogP contribution in [0.25, 0.3) is 34.2 Å². The molecule has 0 spiro atoms. The number of benzene rings is 3. The van der Waals surface area contributed by atoms with E-state index in [2.05, 4.69) is 37.6 Å². The first kappa shape index (κ1) is 37.0. The van der Waals surface area contributed by atoms with E-state index < -0.39 is 6.10 Å². The predicted octanol–water partition coefficient (Wildman–Crippen LogP) is 9.39. The number of phenols is 1. The van der Waals surface area contributed by atoms with Gasteiger partial charge in [0.1, 0.15) is 24.7 Å². The normalized spacial score (nSPS) is 12.0. The number of aliphatic hydroxyl groups excluding tert-OH is 1. The second-order valence-electron chi connectivity index (χ2n) is 13.3. The molecule has 48 heavy (non-hydrogen) atoms. The highest BCUT2D eigenvalue weighted by molar-refractivity contribution is 5.72. The third kappa shape index (κ3) is 11.4. The van der Waals surface area contributed by atoms with Crippen LogP contribution in [-0.2, 0) is 0 Å². The van der Waals surface area contributed by atoms with Crippen LogP contribution in [0.2, 0.25) is 0 Å². The molecule has 4 aromatic rings. The van der Waals surface area contributed by atoms with Crippen LogP contribution in [0.4, 0.5) is 0 Å². The van der Waals surface area contributed by atoms with Gasteiger partial charge < -0.3 is 19.7 Å². The number of phenolic OH excluding ortho intramolecular Hbond substituents is 1. The maximum absolute atomic E-state index is 11.1. The van der Waals surface area contributed by atoms with Crippen molar-refractivity contribution in [3.05, 3.63) is 76.9 Å². The number of aromatic nitrogens is 3. The first-order chi connectivity index (χ1) is 23.2. The molecule has 4 rings (SSSR count). The molecule has 0 bridgehead atoms. The summed E-state index contributed by atoms with van der Waals surface area (Å²) in [6, 6.07) is 17.4. The summed E-state index contributed by atoms with van der Waals surface area (Å²) >= 11 is 0. The minimum Gasteiger partial charge on any atom is -0.507 e. The highest BCUT2D eigenvalue weighted by atomic mass is 16.5. The minimum absolute atomic E-state index is 0.00692. The van der Waals surface area contributed by atoms with Crippen LogP contribution in [0, 0.1) is 27.7 Å². The maximum Gasteiger partial charge on any atom is 0.174 e. The van der Waals surface area contributed by atoms with Gasteiger partial charge in [-0.15, -0.1) is 0 Å². The van der Waals surface area contributed by atoms with Crippen molar-refractivity contribution in [1.82, 2.24) is 15.0 Å². The average molecular weight is 655 g/mol. The van der Waals surface area contributed by atoms with E-state index in [1.807, 2.05) is 38.1 Å². The molecule has 0 aliphatic heterocycles. The van der Waals surface area contributed by atoms with Crippen molar-refractivity contribution in [2.75, 3.05) is 19.8 Å². The quantitative estimate of drug-likeness (QED) is 0.0727. The Labute approximate surface area is 287 Å². The summed E-state index contributed by atoms with van der Waals surface area (Å²) in [5.74, 6) is 1.92. The summed E-state index contributed by atoms with van der Waals surface area (Å²) in [6.07, 6.45) is 13.7. The van der Waals surface area contributed by atoms with Gasteiger partial charge in [0.25, 0.3) is 0 Å². The minimum atomic E-state index is -0.705. The van der Waals surface area contributed by atoms with Crippen LogP contribution in [-0.4, -0.2) is 55.8 Å². The molecule has 0 radical (unpaired) electrons. The fourth-order valence-corrected chi connectivity index (χ4v) is 6.03. The third-order valence-electron chi connectivity index (χ3n) is 8.79. The first-order valence-corrected chi connectivity index (χ1v) is 17.9. The van der Waals surface area contributed by atoms with E-state index in [4.69, 9.17) is 19.7 Å². The first-order valence-electron chi connectivity index (χ1n) is 17.9. The Morgan fingerprint density at radius 3 is 1.60 bits per heavy atom. The van der Waals surface area contributed by atoms with Gasteiger partial charge in [-0.3, -0.25) is 0 Å². The molecule has 258 valence electrons. The number of aliphatic hydroxyl groups is 3. The van der Waals surface area contributed by atoms with E-state index >= 15 is 0 Å². The van der Waals surface area contributed by atoms with E-state index in [0.29, 0.717) is 35.4 Å². The summed E-state index contributed by atoms with van der Waals surface area (Å²) in [7, 11) is 0. The number of nitrogens with zero attached hydrogens (tertiary/aromatic N) is 3. The molecule has 1 atom stereocenters. The Hall–Kier alpha value is -3.81. The molecular weight excluding hydrogens is 598 g/mol. The molecule has 0 amide bonds. The zero-order chi connectivity index (χ0) is 34.3. The van der Waals surface area contributed by atoms with Crippen molar-refractivity contribution in [1.29, 1.82) is 0 Å². The SMILES string of the molecule is CCCCCCCCCCCCC[OH+]CC(O)COc1ccc(-c2nc(-c3ccc(C)cc3C)nc(-c3ccc(C)cc3C)n2)c(O)c1. The summed E-state index contributed by atoms with van der Waals surface area (Å²) in [6.45, 7) is 11.7. The molecule has 1 heterocycles. The fraction of sp³-hybridized carbons (Fsp3) is 0.488. The number of unbranched alkanes of at least 4 members (excludes halogenated alkanes) is 10. The number of rotatable bonds is 20. The lowest BCUT2D eigenvalue weighted by molar-refractivity contribution is -0.0939. The second-order valence-corrected chi connectivity index (χ2v) is 13.3. The Balaban J connectivity index is 1.31. The number of hydrogen-bond acceptors (Lipinski definition) is 6. The van der Waals surface area contributed by atoms with Gasteiger partial charge in [-0.2, -0.15) is 0 Å². The van der Waals surface area contributed by atoms with Crippen molar-refractivity contribution < 1.29 is 19.7 Å². The Bertz CT molecular complexity index is 1520. The molecule has 7 nitrogen and oxygen atoms in total. The van der Waals surface area contributed by atoms with Crippen LogP contribution in [0.5, 0.6) is 11.5 Å². The molecular formula is C41H56N3O4+. The molecule has 3 aromatic carbocycles. The monoisotopic (exact) mass is 654 g/mol. The summed E-state index contributed by atoms with van der Waals surface area (Å²) in [5.41, 5.74) is 6.76. The highest BCUT2D eigenvalue weighted by Gasteiger charge is 2.18. The van der Waals surface area contributed by atoms with Gasteiger partial charge in [-0.25, -0.2) is 15.0 Å². The number of aryl methyl sites for hydroxylation is 4. The third-order valence-corrected chi connectivity index (χ3v) is 8.79. The standard InChI is InChI=1S/C41H55N3O4/c1-6-7-8-9-10-11-12-13-14-15-16-23-47-27-33(45)28-48-34-19-22-37(38(46)26-34)41-43-39(35-20-17-29(2)24-31(35)4)42-40(44-41)36-21-18-30(3)25-32(36)5/h17-22,24-26,33,45-46H,6-16,23,27-28H2,1-5H3/p+1. The predicted molar refractivity (Wildman–Crippen MR) is 197 cm³/mol. The van der Waals surface area contributed by atoms with Crippen molar-refractivity contribution in [3.63, 3.8) is 0 Å². The Morgan fingerprint density at radius 1 is 0.625 bits per heavy atom.